The van der Waals surface area contributed by atoms with E-state index in [0.717, 1.165) is 16.9 Å². The van der Waals surface area contributed by atoms with E-state index in [1.54, 1.807) is 9.80 Å². The summed E-state index contributed by atoms with van der Waals surface area (Å²) >= 11 is 0. The molecule has 118 valence electrons. The molecule has 2 aromatic rings. The quantitative estimate of drug-likeness (QED) is 0.944. The van der Waals surface area contributed by atoms with Gasteiger partial charge in [-0.3, -0.25) is 9.69 Å². The topological polar surface area (TPSA) is 52.7 Å². The molecule has 3 rings (SSSR count). The molecule has 5 heteroatoms. The molecule has 0 saturated carbocycles. The van der Waals surface area contributed by atoms with Crippen LogP contribution in [0.5, 0.6) is 0 Å². The van der Waals surface area contributed by atoms with Crippen LogP contribution in [0.1, 0.15) is 5.56 Å². The number of para-hydroxylation sites is 1. The van der Waals surface area contributed by atoms with E-state index in [-0.39, 0.29) is 18.5 Å². The van der Waals surface area contributed by atoms with Crippen LogP contribution >= 0.6 is 0 Å². The molecule has 5 nitrogen and oxygen atoms in total. The summed E-state index contributed by atoms with van der Waals surface area (Å²) < 4.78 is 0. The second kappa shape index (κ2) is 6.52. The van der Waals surface area contributed by atoms with Crippen molar-refractivity contribution in [2.75, 3.05) is 29.9 Å². The Labute approximate surface area is 135 Å². The summed E-state index contributed by atoms with van der Waals surface area (Å²) in [4.78, 5) is 27.8. The van der Waals surface area contributed by atoms with Gasteiger partial charge in [0, 0.05) is 24.5 Å². The first-order chi connectivity index (χ1) is 11.1. The van der Waals surface area contributed by atoms with E-state index in [1.807, 2.05) is 61.5 Å². The van der Waals surface area contributed by atoms with E-state index in [1.165, 1.54) is 0 Å². The minimum atomic E-state index is -0.182. The molecule has 0 spiro atoms. The standard InChI is InChI=1S/C18H19N3O2/c1-14-6-5-7-15(12-14)19-17(22)13-20-10-11-21(18(20)23)16-8-3-2-4-9-16/h2-9,12H,10-11,13H2,1H3,(H,19,22). The molecule has 1 heterocycles. The lowest BCUT2D eigenvalue weighted by atomic mass is 10.2. The molecule has 1 saturated heterocycles. The van der Waals surface area contributed by atoms with Crippen LogP contribution in [0.2, 0.25) is 0 Å². The molecule has 0 radical (unpaired) electrons. The van der Waals surface area contributed by atoms with Gasteiger partial charge < -0.3 is 10.2 Å². The lowest BCUT2D eigenvalue weighted by Crippen LogP contribution is -2.37. The van der Waals surface area contributed by atoms with Crippen molar-refractivity contribution in [2.45, 2.75) is 6.92 Å². The predicted octanol–water partition coefficient (Wildman–Crippen LogP) is 2.88. The number of rotatable bonds is 4. The third kappa shape index (κ3) is 3.51. The number of nitrogens with zero attached hydrogens (tertiary/aromatic N) is 2. The number of nitrogens with one attached hydrogen (secondary N) is 1. The third-order valence-electron chi connectivity index (χ3n) is 3.80. The Balaban J connectivity index is 1.60. The van der Waals surface area contributed by atoms with Gasteiger partial charge in [-0.15, -0.1) is 0 Å². The first-order valence-corrected chi connectivity index (χ1v) is 7.61. The zero-order chi connectivity index (χ0) is 16.2. The summed E-state index contributed by atoms with van der Waals surface area (Å²) in [5.74, 6) is -0.182. The molecule has 2 aromatic carbocycles. The molecule has 0 aromatic heterocycles. The molecule has 1 fully saturated rings. The summed E-state index contributed by atoms with van der Waals surface area (Å²) in [6, 6.07) is 17.0. The number of carbonyl (C=O) groups excluding carboxylic acids is 2. The van der Waals surface area contributed by atoms with E-state index < -0.39 is 0 Å². The normalized spacial score (nSPS) is 14.2. The molecule has 1 aliphatic rings. The maximum absolute atomic E-state index is 12.4. The molecular formula is C18H19N3O2. The first-order valence-electron chi connectivity index (χ1n) is 7.61. The molecule has 0 atom stereocenters. The van der Waals surface area contributed by atoms with Gasteiger partial charge in [0.15, 0.2) is 0 Å². The summed E-state index contributed by atoms with van der Waals surface area (Å²) in [5.41, 5.74) is 2.69. The van der Waals surface area contributed by atoms with Crippen LogP contribution in [0.4, 0.5) is 16.2 Å². The van der Waals surface area contributed by atoms with Gasteiger partial charge in [-0.25, -0.2) is 4.79 Å². The van der Waals surface area contributed by atoms with E-state index in [9.17, 15) is 9.59 Å². The van der Waals surface area contributed by atoms with Gasteiger partial charge in [-0.1, -0.05) is 30.3 Å². The Morgan fingerprint density at radius 1 is 1.09 bits per heavy atom. The van der Waals surface area contributed by atoms with Crippen LogP contribution < -0.4 is 10.2 Å². The van der Waals surface area contributed by atoms with Gasteiger partial charge in [0.1, 0.15) is 6.54 Å². The van der Waals surface area contributed by atoms with Crippen LogP contribution in [0.3, 0.4) is 0 Å². The van der Waals surface area contributed by atoms with E-state index in [4.69, 9.17) is 0 Å². The fourth-order valence-electron chi connectivity index (χ4n) is 2.67. The van der Waals surface area contributed by atoms with Crippen molar-refractivity contribution in [3.63, 3.8) is 0 Å². The predicted molar refractivity (Wildman–Crippen MR) is 90.6 cm³/mol. The van der Waals surface area contributed by atoms with Crippen molar-refractivity contribution >= 4 is 23.3 Å². The highest BCUT2D eigenvalue weighted by Crippen LogP contribution is 2.19. The number of amides is 3. The van der Waals surface area contributed by atoms with Crippen molar-refractivity contribution in [3.05, 3.63) is 60.2 Å². The number of hydrogen-bond acceptors (Lipinski definition) is 2. The monoisotopic (exact) mass is 309 g/mol. The highest BCUT2D eigenvalue weighted by molar-refractivity contribution is 5.99. The Bertz CT molecular complexity index is 715. The average molecular weight is 309 g/mol. The van der Waals surface area contributed by atoms with Crippen LogP contribution in [0, 0.1) is 6.92 Å². The summed E-state index contributed by atoms with van der Waals surface area (Å²) in [5, 5.41) is 2.83. The van der Waals surface area contributed by atoms with Gasteiger partial charge in [-0.05, 0) is 36.8 Å². The van der Waals surface area contributed by atoms with Crippen molar-refractivity contribution in [2.24, 2.45) is 0 Å². The summed E-state index contributed by atoms with van der Waals surface area (Å²) in [7, 11) is 0. The molecular weight excluding hydrogens is 290 g/mol. The van der Waals surface area contributed by atoms with Crippen LogP contribution in [-0.2, 0) is 4.79 Å². The lowest BCUT2D eigenvalue weighted by Gasteiger charge is -2.18. The average Bonchev–Trinajstić information content (AvgIpc) is 2.89. The third-order valence-corrected chi connectivity index (χ3v) is 3.80. The number of aryl methyl sites for hydroxylation is 1. The van der Waals surface area contributed by atoms with E-state index in [2.05, 4.69) is 5.32 Å². The van der Waals surface area contributed by atoms with Gasteiger partial charge in [-0.2, -0.15) is 0 Å². The van der Waals surface area contributed by atoms with Gasteiger partial charge >= 0.3 is 6.03 Å². The number of benzene rings is 2. The second-order valence-corrected chi connectivity index (χ2v) is 5.61. The zero-order valence-electron chi connectivity index (χ0n) is 13.0. The molecule has 1 aliphatic heterocycles. The van der Waals surface area contributed by atoms with Crippen molar-refractivity contribution in [1.82, 2.24) is 4.90 Å². The minimum Gasteiger partial charge on any atom is -0.325 e. The van der Waals surface area contributed by atoms with Gasteiger partial charge in [0.05, 0.1) is 0 Å². The van der Waals surface area contributed by atoms with Crippen LogP contribution in [0.15, 0.2) is 54.6 Å². The fraction of sp³-hybridized carbons (Fsp3) is 0.222. The lowest BCUT2D eigenvalue weighted by molar-refractivity contribution is -0.116. The SMILES string of the molecule is Cc1cccc(NC(=O)CN2CCN(c3ccccc3)C2=O)c1. The highest BCUT2D eigenvalue weighted by atomic mass is 16.2. The summed E-state index contributed by atoms with van der Waals surface area (Å²) in [6.45, 7) is 3.18. The zero-order valence-corrected chi connectivity index (χ0v) is 13.0. The molecule has 3 amide bonds. The molecule has 0 aliphatic carbocycles. The largest absolute Gasteiger partial charge is 0.325 e. The first kappa shape index (κ1) is 15.1. The van der Waals surface area contributed by atoms with Gasteiger partial charge in [0.2, 0.25) is 5.91 Å². The minimum absolute atomic E-state index is 0.0656. The Hall–Kier alpha value is -2.82. The van der Waals surface area contributed by atoms with Crippen molar-refractivity contribution in [3.8, 4) is 0 Å². The number of urea groups is 1. The fourth-order valence-corrected chi connectivity index (χ4v) is 2.67. The van der Waals surface area contributed by atoms with Gasteiger partial charge in [0.25, 0.3) is 0 Å². The van der Waals surface area contributed by atoms with Crippen molar-refractivity contribution in [1.29, 1.82) is 0 Å². The maximum Gasteiger partial charge on any atom is 0.325 e. The Morgan fingerprint density at radius 3 is 2.61 bits per heavy atom. The summed E-state index contributed by atoms with van der Waals surface area (Å²) in [6.07, 6.45) is 0. The highest BCUT2D eigenvalue weighted by Gasteiger charge is 2.30. The molecule has 0 bridgehead atoms. The molecule has 23 heavy (non-hydrogen) atoms. The second-order valence-electron chi connectivity index (χ2n) is 5.61. The van der Waals surface area contributed by atoms with E-state index >= 15 is 0 Å². The number of hydrogen-bond donors (Lipinski definition) is 1. The molecule has 1 N–H and O–H groups in total. The maximum atomic E-state index is 12.4. The smallest absolute Gasteiger partial charge is 0.325 e. The number of carbonyl (C=O) groups is 2. The molecule has 0 unspecified atom stereocenters. The Kier molecular flexibility index (Phi) is 4.28. The van der Waals surface area contributed by atoms with Crippen LogP contribution in [-0.4, -0.2) is 36.5 Å². The Morgan fingerprint density at radius 2 is 1.87 bits per heavy atom. The van der Waals surface area contributed by atoms with E-state index in [0.29, 0.717) is 13.1 Å². The number of anilines is 2. The van der Waals surface area contributed by atoms with Crippen molar-refractivity contribution < 1.29 is 9.59 Å². The van der Waals surface area contributed by atoms with Crippen LogP contribution in [0.25, 0.3) is 0 Å².